The molecule has 1 saturated heterocycles. The standard InChI is InChI=1S/C16H30F3N5O2.HI/c1-15(2,3)26-14(25)22-7-6-21-13(20-4)23-9-12-5-8-24(10-12)11-16(17,18)19;/h12H,5-11H2,1-4H3,(H,22,25)(H2,20,21,23);1H. The molecule has 160 valence electrons. The van der Waals surface area contributed by atoms with Crippen molar-refractivity contribution in [1.82, 2.24) is 20.9 Å². The molecular weight excluding hydrogens is 478 g/mol. The normalized spacial score (nSPS) is 18.6. The Labute approximate surface area is 175 Å². The molecule has 0 aromatic heterocycles. The van der Waals surface area contributed by atoms with Crippen molar-refractivity contribution in [2.45, 2.75) is 39.0 Å². The molecule has 1 amide bonds. The van der Waals surface area contributed by atoms with E-state index in [4.69, 9.17) is 4.74 Å². The smallest absolute Gasteiger partial charge is 0.407 e. The van der Waals surface area contributed by atoms with Gasteiger partial charge in [0.15, 0.2) is 5.96 Å². The number of rotatable bonds is 6. The third-order valence-electron chi connectivity index (χ3n) is 3.64. The van der Waals surface area contributed by atoms with Gasteiger partial charge in [-0.1, -0.05) is 0 Å². The largest absolute Gasteiger partial charge is 0.444 e. The summed E-state index contributed by atoms with van der Waals surface area (Å²) in [6.07, 6.45) is -3.92. The third-order valence-corrected chi connectivity index (χ3v) is 3.64. The summed E-state index contributed by atoms with van der Waals surface area (Å²) in [5, 5.41) is 8.77. The van der Waals surface area contributed by atoms with Gasteiger partial charge in [0, 0.05) is 33.2 Å². The number of nitrogens with one attached hydrogen (secondary N) is 3. The van der Waals surface area contributed by atoms with Crippen molar-refractivity contribution in [3.63, 3.8) is 0 Å². The second-order valence-electron chi connectivity index (χ2n) is 7.31. The summed E-state index contributed by atoms with van der Waals surface area (Å²) in [6.45, 7) is 6.74. The van der Waals surface area contributed by atoms with Gasteiger partial charge in [0.05, 0.1) is 6.54 Å². The third kappa shape index (κ3) is 12.9. The van der Waals surface area contributed by atoms with Crippen LogP contribution in [0.15, 0.2) is 4.99 Å². The van der Waals surface area contributed by atoms with Crippen LogP contribution in [0.3, 0.4) is 0 Å². The topological polar surface area (TPSA) is 78.0 Å². The maximum atomic E-state index is 12.4. The van der Waals surface area contributed by atoms with Gasteiger partial charge in [0.1, 0.15) is 5.60 Å². The van der Waals surface area contributed by atoms with Crippen molar-refractivity contribution < 1.29 is 22.7 Å². The van der Waals surface area contributed by atoms with Crippen molar-refractivity contribution >= 4 is 36.0 Å². The van der Waals surface area contributed by atoms with E-state index in [1.165, 1.54) is 4.90 Å². The highest BCUT2D eigenvalue weighted by Gasteiger charge is 2.34. The van der Waals surface area contributed by atoms with Crippen LogP contribution < -0.4 is 16.0 Å². The summed E-state index contributed by atoms with van der Waals surface area (Å²) in [5.74, 6) is 0.695. The van der Waals surface area contributed by atoms with Crippen LogP contribution in [0.2, 0.25) is 0 Å². The number of alkyl halides is 3. The van der Waals surface area contributed by atoms with E-state index in [0.29, 0.717) is 38.7 Å². The van der Waals surface area contributed by atoms with Gasteiger partial charge in [-0.15, -0.1) is 24.0 Å². The van der Waals surface area contributed by atoms with Crippen LogP contribution in [-0.4, -0.2) is 75.0 Å². The van der Waals surface area contributed by atoms with E-state index in [-0.39, 0.29) is 29.9 Å². The molecule has 1 unspecified atom stereocenters. The number of guanidine groups is 1. The molecule has 0 saturated carbocycles. The Balaban J connectivity index is 0.00000676. The Hall–Kier alpha value is -0.980. The molecule has 1 rings (SSSR count). The van der Waals surface area contributed by atoms with Crippen LogP contribution in [0.25, 0.3) is 0 Å². The van der Waals surface area contributed by atoms with E-state index in [1.54, 1.807) is 27.8 Å². The van der Waals surface area contributed by atoms with E-state index < -0.39 is 24.4 Å². The van der Waals surface area contributed by atoms with Crippen molar-refractivity contribution in [2.75, 3.05) is 46.3 Å². The van der Waals surface area contributed by atoms with E-state index in [9.17, 15) is 18.0 Å². The van der Waals surface area contributed by atoms with E-state index in [1.807, 2.05) is 0 Å². The van der Waals surface area contributed by atoms with Crippen LogP contribution in [0.4, 0.5) is 18.0 Å². The molecular formula is C16H31F3IN5O2. The average molecular weight is 509 g/mol. The molecule has 0 radical (unpaired) electrons. The Bertz CT molecular complexity index is 484. The molecule has 7 nitrogen and oxygen atoms in total. The van der Waals surface area contributed by atoms with Crippen molar-refractivity contribution in [1.29, 1.82) is 0 Å². The molecule has 11 heteroatoms. The minimum absolute atomic E-state index is 0. The van der Waals surface area contributed by atoms with Gasteiger partial charge in [-0.2, -0.15) is 13.2 Å². The number of carbonyl (C=O) groups is 1. The highest BCUT2D eigenvalue weighted by atomic mass is 127. The lowest BCUT2D eigenvalue weighted by molar-refractivity contribution is -0.143. The molecule has 1 atom stereocenters. The van der Waals surface area contributed by atoms with E-state index >= 15 is 0 Å². The summed E-state index contributed by atoms with van der Waals surface area (Å²) in [6, 6.07) is 0. The molecule has 0 spiro atoms. The lowest BCUT2D eigenvalue weighted by Gasteiger charge is -2.20. The van der Waals surface area contributed by atoms with Crippen LogP contribution >= 0.6 is 24.0 Å². The lowest BCUT2D eigenvalue weighted by Crippen LogP contribution is -2.44. The predicted molar refractivity (Wildman–Crippen MR) is 110 cm³/mol. The van der Waals surface area contributed by atoms with Gasteiger partial charge in [0.25, 0.3) is 0 Å². The second-order valence-corrected chi connectivity index (χ2v) is 7.31. The van der Waals surface area contributed by atoms with E-state index in [2.05, 4.69) is 20.9 Å². The quantitative estimate of drug-likeness (QED) is 0.222. The second kappa shape index (κ2) is 11.8. The van der Waals surface area contributed by atoms with Gasteiger partial charge in [-0.25, -0.2) is 4.79 Å². The molecule has 1 aliphatic heterocycles. The molecule has 0 aromatic rings. The summed E-state index contributed by atoms with van der Waals surface area (Å²) < 4.78 is 42.3. The summed E-state index contributed by atoms with van der Waals surface area (Å²) in [4.78, 5) is 17.0. The first-order valence-electron chi connectivity index (χ1n) is 8.69. The lowest BCUT2D eigenvalue weighted by atomic mass is 10.1. The maximum absolute atomic E-state index is 12.4. The van der Waals surface area contributed by atoms with Gasteiger partial charge in [0.2, 0.25) is 0 Å². The average Bonchev–Trinajstić information content (AvgIpc) is 2.90. The van der Waals surface area contributed by atoms with Crippen LogP contribution in [0.5, 0.6) is 0 Å². The van der Waals surface area contributed by atoms with Crippen molar-refractivity contribution in [3.8, 4) is 0 Å². The molecule has 0 aliphatic carbocycles. The Morgan fingerprint density at radius 1 is 1.19 bits per heavy atom. The number of alkyl carbamates (subject to hydrolysis) is 1. The van der Waals surface area contributed by atoms with Gasteiger partial charge >= 0.3 is 12.3 Å². The number of aliphatic imine (C=N–C) groups is 1. The number of amides is 1. The Morgan fingerprint density at radius 2 is 1.81 bits per heavy atom. The molecule has 1 aliphatic rings. The highest BCUT2D eigenvalue weighted by molar-refractivity contribution is 14.0. The summed E-state index contributed by atoms with van der Waals surface area (Å²) in [5.41, 5.74) is -0.545. The van der Waals surface area contributed by atoms with Gasteiger partial charge < -0.3 is 20.7 Å². The molecule has 1 fully saturated rings. The first-order valence-corrected chi connectivity index (χ1v) is 8.69. The fourth-order valence-corrected chi connectivity index (χ4v) is 2.60. The molecule has 0 bridgehead atoms. The zero-order valence-electron chi connectivity index (χ0n) is 16.3. The zero-order chi connectivity index (χ0) is 19.8. The SMILES string of the molecule is CN=C(NCCNC(=O)OC(C)(C)C)NCC1CCN(CC(F)(F)F)C1.I. The first kappa shape index (κ1) is 26.0. The fourth-order valence-electron chi connectivity index (χ4n) is 2.60. The van der Waals surface area contributed by atoms with Gasteiger partial charge in [-0.3, -0.25) is 9.89 Å². The highest BCUT2D eigenvalue weighted by Crippen LogP contribution is 2.22. The number of halogens is 4. The minimum Gasteiger partial charge on any atom is -0.444 e. The first-order chi connectivity index (χ1) is 12.0. The molecule has 3 N–H and O–H groups in total. The van der Waals surface area contributed by atoms with Crippen molar-refractivity contribution in [2.24, 2.45) is 10.9 Å². The minimum atomic E-state index is -4.15. The Kier molecular flexibility index (Phi) is 11.3. The number of likely N-dealkylation sites (tertiary alicyclic amines) is 1. The monoisotopic (exact) mass is 509 g/mol. The number of hydrogen-bond acceptors (Lipinski definition) is 4. The fraction of sp³-hybridized carbons (Fsp3) is 0.875. The van der Waals surface area contributed by atoms with Crippen LogP contribution in [-0.2, 0) is 4.74 Å². The van der Waals surface area contributed by atoms with Gasteiger partial charge in [-0.05, 0) is 39.7 Å². The zero-order valence-corrected chi connectivity index (χ0v) is 18.6. The molecule has 0 aromatic carbocycles. The molecule has 27 heavy (non-hydrogen) atoms. The summed E-state index contributed by atoms with van der Waals surface area (Å²) >= 11 is 0. The number of hydrogen-bond donors (Lipinski definition) is 3. The van der Waals surface area contributed by atoms with Crippen LogP contribution in [0, 0.1) is 5.92 Å². The van der Waals surface area contributed by atoms with E-state index in [0.717, 1.165) is 6.42 Å². The summed E-state index contributed by atoms with van der Waals surface area (Å²) in [7, 11) is 1.61. The van der Waals surface area contributed by atoms with Crippen molar-refractivity contribution in [3.05, 3.63) is 0 Å². The Morgan fingerprint density at radius 3 is 2.37 bits per heavy atom. The molecule has 1 heterocycles. The van der Waals surface area contributed by atoms with Crippen LogP contribution in [0.1, 0.15) is 27.2 Å². The number of ether oxygens (including phenoxy) is 1. The predicted octanol–water partition coefficient (Wildman–Crippen LogP) is 2.18. The maximum Gasteiger partial charge on any atom is 0.407 e. The number of nitrogens with zero attached hydrogens (tertiary/aromatic N) is 2. The number of carbonyl (C=O) groups excluding carboxylic acids is 1.